The van der Waals surface area contributed by atoms with Gasteiger partial charge in [0.1, 0.15) is 0 Å². The topological polar surface area (TPSA) is 70.5 Å². The van der Waals surface area contributed by atoms with Gasteiger partial charge in [0.25, 0.3) is 5.91 Å². The number of carbonyl (C=O) groups is 2. The van der Waals surface area contributed by atoms with Gasteiger partial charge < -0.3 is 5.11 Å². The predicted molar refractivity (Wildman–Crippen MR) is 105 cm³/mol. The zero-order valence-corrected chi connectivity index (χ0v) is 16.3. The van der Waals surface area contributed by atoms with Crippen LogP contribution in [0.3, 0.4) is 0 Å². The molecule has 4 rings (SSSR count). The third-order valence-corrected chi connectivity index (χ3v) is 6.18. The summed E-state index contributed by atoms with van der Waals surface area (Å²) in [5.41, 5.74) is 0.802. The van der Waals surface area contributed by atoms with Crippen molar-refractivity contribution >= 4 is 55.4 Å². The third kappa shape index (κ3) is 2.80. The molecule has 3 heterocycles. The second-order valence-corrected chi connectivity index (χ2v) is 8.25. The SMILES string of the molecule is O=C(C1=C(O)C(=O)N(c2nccs2)[C@H]1c1ccc(Br)cc1)c1cccs1. The molecule has 0 aliphatic carbocycles. The number of hydrogen-bond acceptors (Lipinski definition) is 6. The number of amides is 1. The first-order valence-corrected chi connectivity index (χ1v) is 10.1. The average molecular weight is 447 g/mol. The van der Waals surface area contributed by atoms with Gasteiger partial charge >= 0.3 is 0 Å². The number of aliphatic hydroxyl groups excluding tert-OH is 1. The fraction of sp³-hybridized carbons (Fsp3) is 0.0556. The van der Waals surface area contributed by atoms with E-state index in [2.05, 4.69) is 20.9 Å². The van der Waals surface area contributed by atoms with E-state index in [9.17, 15) is 14.7 Å². The monoisotopic (exact) mass is 446 g/mol. The lowest BCUT2D eigenvalue weighted by molar-refractivity contribution is -0.117. The van der Waals surface area contributed by atoms with E-state index in [1.807, 2.05) is 24.3 Å². The average Bonchev–Trinajstić information content (AvgIpc) is 3.38. The van der Waals surface area contributed by atoms with Crippen molar-refractivity contribution in [2.75, 3.05) is 4.90 Å². The molecule has 0 fully saturated rings. The lowest BCUT2D eigenvalue weighted by Crippen LogP contribution is -2.30. The third-order valence-electron chi connectivity index (χ3n) is 4.01. The minimum atomic E-state index is -0.726. The number of Topliss-reactive ketones (excluding diaryl/α,β-unsaturated/α-hetero) is 1. The number of halogens is 1. The van der Waals surface area contributed by atoms with E-state index in [1.54, 1.807) is 29.1 Å². The summed E-state index contributed by atoms with van der Waals surface area (Å²) in [4.78, 5) is 31.8. The van der Waals surface area contributed by atoms with Crippen molar-refractivity contribution in [2.24, 2.45) is 0 Å². The molecule has 0 saturated carbocycles. The van der Waals surface area contributed by atoms with Crippen LogP contribution in [0.1, 0.15) is 21.3 Å². The van der Waals surface area contributed by atoms with Crippen LogP contribution in [0, 0.1) is 0 Å². The van der Waals surface area contributed by atoms with E-state index in [0.717, 1.165) is 10.0 Å². The van der Waals surface area contributed by atoms with Crippen LogP contribution >= 0.6 is 38.6 Å². The van der Waals surface area contributed by atoms with Crippen LogP contribution in [0.2, 0.25) is 0 Å². The highest BCUT2D eigenvalue weighted by Gasteiger charge is 2.45. The van der Waals surface area contributed by atoms with Crippen LogP contribution in [0.4, 0.5) is 5.13 Å². The Bertz CT molecular complexity index is 996. The maximum Gasteiger partial charge on any atom is 0.296 e. The molecule has 3 aromatic rings. The molecule has 1 aromatic carbocycles. The summed E-state index contributed by atoms with van der Waals surface area (Å²) in [6.07, 6.45) is 1.59. The van der Waals surface area contributed by atoms with Gasteiger partial charge in [-0.3, -0.25) is 14.5 Å². The number of benzene rings is 1. The van der Waals surface area contributed by atoms with Gasteiger partial charge in [0.15, 0.2) is 10.9 Å². The normalized spacial score (nSPS) is 17.2. The predicted octanol–water partition coefficient (Wildman–Crippen LogP) is 4.75. The minimum absolute atomic E-state index is 0.0787. The highest BCUT2D eigenvalue weighted by Crippen LogP contribution is 2.42. The Hall–Kier alpha value is -2.29. The Kier molecular flexibility index (Phi) is 4.47. The summed E-state index contributed by atoms with van der Waals surface area (Å²) in [7, 11) is 0. The Morgan fingerprint density at radius 3 is 2.54 bits per heavy atom. The van der Waals surface area contributed by atoms with Crippen molar-refractivity contribution in [3.8, 4) is 0 Å². The standard InChI is InChI=1S/C18H11BrN2O3S2/c19-11-5-3-10(4-6-11)14-13(15(22)12-2-1-8-25-12)16(23)17(24)21(14)18-20-7-9-26-18/h1-9,14,23H/t14-/m0/s1. The molecular formula is C18H11BrN2O3S2. The van der Waals surface area contributed by atoms with Gasteiger partial charge in [-0.25, -0.2) is 4.98 Å². The summed E-state index contributed by atoms with van der Waals surface area (Å²) in [6.45, 7) is 0. The molecule has 8 heteroatoms. The van der Waals surface area contributed by atoms with Crippen molar-refractivity contribution in [2.45, 2.75) is 6.04 Å². The van der Waals surface area contributed by atoms with Gasteiger partial charge in [-0.1, -0.05) is 34.1 Å². The van der Waals surface area contributed by atoms with Crippen LogP contribution in [0.15, 0.2) is 69.2 Å². The fourth-order valence-corrected chi connectivity index (χ4v) is 4.48. The molecule has 0 radical (unpaired) electrons. The molecule has 0 spiro atoms. The van der Waals surface area contributed by atoms with E-state index in [-0.39, 0.29) is 11.4 Å². The first kappa shape index (κ1) is 17.1. The Morgan fingerprint density at radius 1 is 1.15 bits per heavy atom. The first-order valence-electron chi connectivity index (χ1n) is 7.58. The van der Waals surface area contributed by atoms with Gasteiger partial charge in [-0.05, 0) is 29.1 Å². The number of nitrogens with zero attached hydrogens (tertiary/aromatic N) is 2. The lowest BCUT2D eigenvalue weighted by atomic mass is 9.96. The van der Waals surface area contributed by atoms with Gasteiger partial charge in [0, 0.05) is 16.0 Å². The fourth-order valence-electron chi connectivity index (χ4n) is 2.87. The lowest BCUT2D eigenvalue weighted by Gasteiger charge is -2.24. The first-order chi connectivity index (χ1) is 12.6. The van der Waals surface area contributed by atoms with E-state index in [1.165, 1.54) is 27.6 Å². The number of hydrogen-bond donors (Lipinski definition) is 1. The second kappa shape index (κ2) is 6.79. The maximum absolute atomic E-state index is 13.0. The summed E-state index contributed by atoms with van der Waals surface area (Å²) in [6, 6.07) is 10.0. The largest absolute Gasteiger partial charge is 0.503 e. The zero-order chi connectivity index (χ0) is 18.3. The van der Waals surface area contributed by atoms with Gasteiger partial charge in [-0.2, -0.15) is 0 Å². The number of ketones is 1. The number of aliphatic hydroxyl groups is 1. The number of aromatic nitrogens is 1. The molecular weight excluding hydrogens is 436 g/mol. The van der Waals surface area contributed by atoms with Crippen molar-refractivity contribution in [3.05, 3.63) is 79.6 Å². The number of rotatable bonds is 4. The summed E-state index contributed by atoms with van der Waals surface area (Å²) in [5.74, 6) is -1.49. The van der Waals surface area contributed by atoms with Crippen LogP contribution in [0.25, 0.3) is 0 Å². The smallest absolute Gasteiger partial charge is 0.296 e. The van der Waals surface area contributed by atoms with Gasteiger partial charge in [0.05, 0.1) is 16.5 Å². The Balaban J connectivity index is 1.88. The molecule has 1 N–H and O–H groups in total. The zero-order valence-electron chi connectivity index (χ0n) is 13.1. The number of thiazole rings is 1. The number of thiophene rings is 1. The van der Waals surface area contributed by atoms with Gasteiger partial charge in [0.2, 0.25) is 5.78 Å². The molecule has 1 aliphatic heterocycles. The van der Waals surface area contributed by atoms with E-state index >= 15 is 0 Å². The van der Waals surface area contributed by atoms with Crippen LogP contribution in [-0.2, 0) is 4.79 Å². The van der Waals surface area contributed by atoms with Gasteiger partial charge in [-0.15, -0.1) is 22.7 Å². The number of carbonyl (C=O) groups excluding carboxylic acids is 2. The number of anilines is 1. The summed E-state index contributed by atoms with van der Waals surface area (Å²) in [5, 5.41) is 14.5. The molecule has 0 bridgehead atoms. The minimum Gasteiger partial charge on any atom is -0.503 e. The van der Waals surface area contributed by atoms with Crippen molar-refractivity contribution in [1.82, 2.24) is 4.98 Å². The highest BCUT2D eigenvalue weighted by molar-refractivity contribution is 9.10. The van der Waals surface area contributed by atoms with Crippen molar-refractivity contribution in [3.63, 3.8) is 0 Å². The summed E-state index contributed by atoms with van der Waals surface area (Å²) < 4.78 is 0.880. The molecule has 5 nitrogen and oxygen atoms in total. The van der Waals surface area contributed by atoms with Crippen LogP contribution < -0.4 is 4.90 Å². The molecule has 130 valence electrons. The molecule has 0 saturated heterocycles. The second-order valence-electron chi connectivity index (χ2n) is 5.51. The molecule has 1 atom stereocenters. The van der Waals surface area contributed by atoms with Crippen molar-refractivity contribution < 1.29 is 14.7 Å². The molecule has 1 amide bonds. The van der Waals surface area contributed by atoms with E-state index in [0.29, 0.717) is 10.0 Å². The Labute approximate surface area is 165 Å². The van der Waals surface area contributed by atoms with Crippen LogP contribution in [0.5, 0.6) is 0 Å². The van der Waals surface area contributed by atoms with Crippen LogP contribution in [-0.4, -0.2) is 21.8 Å². The molecule has 2 aromatic heterocycles. The van der Waals surface area contributed by atoms with E-state index < -0.39 is 17.7 Å². The summed E-state index contributed by atoms with van der Waals surface area (Å²) >= 11 is 5.94. The highest BCUT2D eigenvalue weighted by atomic mass is 79.9. The molecule has 1 aliphatic rings. The molecule has 26 heavy (non-hydrogen) atoms. The molecule has 0 unspecified atom stereocenters. The quantitative estimate of drug-likeness (QED) is 0.586. The van der Waals surface area contributed by atoms with E-state index in [4.69, 9.17) is 0 Å². The van der Waals surface area contributed by atoms with Crippen molar-refractivity contribution in [1.29, 1.82) is 0 Å². The maximum atomic E-state index is 13.0. The Morgan fingerprint density at radius 2 is 1.92 bits per heavy atom.